The molecule has 0 spiro atoms. The van der Waals surface area contributed by atoms with E-state index in [9.17, 15) is 0 Å². The number of nitriles is 1. The van der Waals surface area contributed by atoms with Gasteiger partial charge in [0, 0.05) is 32.0 Å². The zero-order chi connectivity index (χ0) is 13.2. The van der Waals surface area contributed by atoms with Gasteiger partial charge >= 0.3 is 0 Å². The number of hydrogen-bond donors (Lipinski definition) is 0. The van der Waals surface area contributed by atoms with Gasteiger partial charge in [0.15, 0.2) is 11.5 Å². The molecule has 1 aromatic heterocycles. The van der Waals surface area contributed by atoms with Crippen molar-refractivity contribution in [3.63, 3.8) is 0 Å². The van der Waals surface area contributed by atoms with Crippen LogP contribution in [0.1, 0.15) is 12.1 Å². The fourth-order valence-corrected chi connectivity index (χ4v) is 2.87. The Kier molecular flexibility index (Phi) is 3.32. The van der Waals surface area contributed by atoms with E-state index in [2.05, 4.69) is 32.9 Å². The van der Waals surface area contributed by atoms with Crippen molar-refractivity contribution in [3.05, 3.63) is 18.1 Å². The van der Waals surface area contributed by atoms with Crippen molar-refractivity contribution in [2.45, 2.75) is 18.6 Å². The molecule has 0 saturated carbocycles. The number of likely N-dealkylation sites (N-methyl/N-ethyl adjacent to an activating group) is 1. The predicted octanol–water partition coefficient (Wildman–Crippen LogP) is 0.258. The van der Waals surface area contributed by atoms with Gasteiger partial charge < -0.3 is 9.64 Å². The molecule has 0 bridgehead atoms. The summed E-state index contributed by atoms with van der Waals surface area (Å²) < 4.78 is 5.82. The summed E-state index contributed by atoms with van der Waals surface area (Å²) in [4.78, 5) is 12.9. The molecule has 19 heavy (non-hydrogen) atoms. The summed E-state index contributed by atoms with van der Waals surface area (Å²) in [6.07, 6.45) is 4.47. The van der Waals surface area contributed by atoms with Crippen LogP contribution in [0.15, 0.2) is 12.4 Å². The van der Waals surface area contributed by atoms with Gasteiger partial charge in [0.2, 0.25) is 0 Å². The zero-order valence-electron chi connectivity index (χ0n) is 11.0. The molecule has 0 amide bonds. The third kappa shape index (κ3) is 2.27. The second kappa shape index (κ2) is 5.11. The van der Waals surface area contributed by atoms with Crippen LogP contribution in [0, 0.1) is 11.3 Å². The van der Waals surface area contributed by atoms with Crippen LogP contribution in [-0.2, 0) is 4.74 Å². The Morgan fingerprint density at radius 3 is 3.05 bits per heavy atom. The molecule has 3 rings (SSSR count). The van der Waals surface area contributed by atoms with Crippen molar-refractivity contribution in [3.8, 4) is 6.07 Å². The first-order valence-electron chi connectivity index (χ1n) is 6.57. The lowest BCUT2D eigenvalue weighted by molar-refractivity contribution is -0.0687. The minimum Gasteiger partial charge on any atom is -0.375 e. The van der Waals surface area contributed by atoms with Crippen molar-refractivity contribution in [1.29, 1.82) is 5.26 Å². The highest BCUT2D eigenvalue weighted by Crippen LogP contribution is 2.25. The summed E-state index contributed by atoms with van der Waals surface area (Å²) in [7, 11) is 2.13. The number of anilines is 1. The van der Waals surface area contributed by atoms with Crippen LogP contribution in [0.4, 0.5) is 5.82 Å². The van der Waals surface area contributed by atoms with Crippen LogP contribution in [0.2, 0.25) is 0 Å². The largest absolute Gasteiger partial charge is 0.375 e. The molecule has 100 valence electrons. The number of piperidine rings is 1. The fraction of sp³-hybridized carbons (Fsp3) is 0.615. The molecular weight excluding hydrogens is 242 g/mol. The van der Waals surface area contributed by atoms with E-state index in [-0.39, 0.29) is 0 Å². The molecule has 3 heterocycles. The molecule has 6 nitrogen and oxygen atoms in total. The maximum Gasteiger partial charge on any atom is 0.183 e. The topological polar surface area (TPSA) is 65.3 Å². The van der Waals surface area contributed by atoms with Gasteiger partial charge in [0.25, 0.3) is 0 Å². The number of ether oxygens (including phenoxy) is 1. The molecule has 2 saturated heterocycles. The van der Waals surface area contributed by atoms with Crippen molar-refractivity contribution in [2.75, 3.05) is 38.2 Å². The monoisotopic (exact) mass is 259 g/mol. The van der Waals surface area contributed by atoms with Crippen LogP contribution in [0.5, 0.6) is 0 Å². The van der Waals surface area contributed by atoms with E-state index in [0.29, 0.717) is 23.7 Å². The van der Waals surface area contributed by atoms with Gasteiger partial charge in [-0.1, -0.05) is 0 Å². The summed E-state index contributed by atoms with van der Waals surface area (Å²) in [6.45, 7) is 3.48. The maximum atomic E-state index is 9.12. The second-order valence-electron chi connectivity index (χ2n) is 5.03. The van der Waals surface area contributed by atoms with Crippen LogP contribution in [0.25, 0.3) is 0 Å². The number of morpholine rings is 1. The third-order valence-corrected chi connectivity index (χ3v) is 3.95. The molecular formula is C13H17N5O. The number of hydrogen-bond acceptors (Lipinski definition) is 6. The second-order valence-corrected chi connectivity index (χ2v) is 5.03. The molecule has 1 aromatic rings. The van der Waals surface area contributed by atoms with Gasteiger partial charge in [0.05, 0.1) is 18.8 Å². The first-order chi connectivity index (χ1) is 9.29. The lowest BCUT2D eigenvalue weighted by Gasteiger charge is -2.46. The van der Waals surface area contributed by atoms with E-state index < -0.39 is 0 Å². The average Bonchev–Trinajstić information content (AvgIpc) is 2.47. The zero-order valence-corrected chi connectivity index (χ0v) is 11.0. The van der Waals surface area contributed by atoms with Crippen LogP contribution in [-0.4, -0.2) is 60.3 Å². The predicted molar refractivity (Wildman–Crippen MR) is 69.7 cm³/mol. The molecule has 0 unspecified atom stereocenters. The summed E-state index contributed by atoms with van der Waals surface area (Å²) >= 11 is 0. The average molecular weight is 259 g/mol. The molecule has 6 heteroatoms. The van der Waals surface area contributed by atoms with Crippen molar-refractivity contribution in [1.82, 2.24) is 14.9 Å². The number of rotatable bonds is 1. The molecule has 0 aromatic carbocycles. The van der Waals surface area contributed by atoms with Gasteiger partial charge in [-0.25, -0.2) is 9.97 Å². The van der Waals surface area contributed by atoms with Gasteiger partial charge in [-0.05, 0) is 13.5 Å². The third-order valence-electron chi connectivity index (χ3n) is 3.95. The SMILES string of the molecule is CN1CCO[C@@H]2CCN(c3nccnc3C#N)C[C@@H]21. The Bertz CT molecular complexity index is 500. The van der Waals surface area contributed by atoms with E-state index >= 15 is 0 Å². The minimum atomic E-state index is 0.303. The first-order valence-corrected chi connectivity index (χ1v) is 6.57. The molecule has 2 aliphatic rings. The van der Waals surface area contributed by atoms with Crippen LogP contribution >= 0.6 is 0 Å². The summed E-state index contributed by atoms with van der Waals surface area (Å²) in [5.41, 5.74) is 0.403. The number of aromatic nitrogens is 2. The normalized spacial score (nSPS) is 27.7. The van der Waals surface area contributed by atoms with Crippen LogP contribution in [0.3, 0.4) is 0 Å². The lowest BCUT2D eigenvalue weighted by Crippen LogP contribution is -2.59. The molecule has 2 aliphatic heterocycles. The van der Waals surface area contributed by atoms with E-state index in [0.717, 1.165) is 32.7 Å². The molecule has 2 atom stereocenters. The molecule has 0 radical (unpaired) electrons. The first kappa shape index (κ1) is 12.3. The highest BCUT2D eigenvalue weighted by atomic mass is 16.5. The molecule has 2 fully saturated rings. The van der Waals surface area contributed by atoms with Crippen molar-refractivity contribution in [2.24, 2.45) is 0 Å². The summed E-state index contributed by atoms with van der Waals surface area (Å²) in [5.74, 6) is 0.697. The Labute approximate surface area is 112 Å². The quantitative estimate of drug-likeness (QED) is 0.720. The number of fused-ring (bicyclic) bond motifs is 1. The van der Waals surface area contributed by atoms with E-state index in [1.165, 1.54) is 0 Å². The van der Waals surface area contributed by atoms with Gasteiger partial charge in [-0.2, -0.15) is 5.26 Å². The van der Waals surface area contributed by atoms with E-state index in [1.807, 2.05) is 0 Å². The summed E-state index contributed by atoms with van der Waals surface area (Å²) in [6, 6.07) is 2.49. The molecule has 0 aliphatic carbocycles. The smallest absolute Gasteiger partial charge is 0.183 e. The van der Waals surface area contributed by atoms with Gasteiger partial charge in [-0.3, -0.25) is 4.90 Å². The fourth-order valence-electron chi connectivity index (χ4n) is 2.87. The van der Waals surface area contributed by atoms with E-state index in [1.54, 1.807) is 12.4 Å². The van der Waals surface area contributed by atoms with E-state index in [4.69, 9.17) is 10.00 Å². The summed E-state index contributed by atoms with van der Waals surface area (Å²) in [5, 5.41) is 9.12. The highest BCUT2D eigenvalue weighted by Gasteiger charge is 2.36. The van der Waals surface area contributed by atoms with Gasteiger partial charge in [0.1, 0.15) is 6.07 Å². The molecule has 0 N–H and O–H groups in total. The Balaban J connectivity index is 1.82. The minimum absolute atomic E-state index is 0.303. The standard InChI is InChI=1S/C13H17N5O/c1-17-6-7-19-12-2-5-18(9-11(12)17)13-10(8-14)15-3-4-16-13/h3-4,11-12H,2,5-7,9H2,1H3/t11-,12+/m0/s1. The highest BCUT2D eigenvalue weighted by molar-refractivity contribution is 5.50. The van der Waals surface area contributed by atoms with Crippen molar-refractivity contribution < 1.29 is 4.74 Å². The van der Waals surface area contributed by atoms with Crippen molar-refractivity contribution >= 4 is 5.82 Å². The van der Waals surface area contributed by atoms with Gasteiger partial charge in [-0.15, -0.1) is 0 Å². The maximum absolute atomic E-state index is 9.12. The Morgan fingerprint density at radius 2 is 2.21 bits per heavy atom. The van der Waals surface area contributed by atoms with Crippen LogP contribution < -0.4 is 4.90 Å². The lowest BCUT2D eigenvalue weighted by atomic mass is 9.99. The Morgan fingerprint density at radius 1 is 1.37 bits per heavy atom. The Hall–Kier alpha value is -1.71. The number of nitrogens with zero attached hydrogens (tertiary/aromatic N) is 5.